The van der Waals surface area contributed by atoms with Crippen LogP contribution in [-0.2, 0) is 9.59 Å². The zero-order valence-electron chi connectivity index (χ0n) is 18.4. The number of carbonyl (C=O) groups excluding carboxylic acids is 2. The van der Waals surface area contributed by atoms with Crippen molar-refractivity contribution in [3.63, 3.8) is 0 Å². The Morgan fingerprint density at radius 3 is 2.53 bits per heavy atom. The summed E-state index contributed by atoms with van der Waals surface area (Å²) in [5, 5.41) is 17.1. The SMILES string of the molecule is CC(=O)N/C(=C\c1cccc([N+](=O)[O-])c1)C(=O)Nc1ccc(-c2nc3ccc(C)cc3s2)cc1. The third-order valence-electron chi connectivity index (χ3n) is 4.88. The van der Waals surface area contributed by atoms with Gasteiger partial charge in [0.2, 0.25) is 5.91 Å². The molecule has 4 aromatic rings. The zero-order valence-corrected chi connectivity index (χ0v) is 19.2. The van der Waals surface area contributed by atoms with Crippen LogP contribution in [0.15, 0.2) is 72.4 Å². The molecule has 4 rings (SSSR count). The van der Waals surface area contributed by atoms with Crippen LogP contribution < -0.4 is 10.6 Å². The van der Waals surface area contributed by atoms with Crippen molar-refractivity contribution in [3.05, 3.63) is 93.7 Å². The Bertz CT molecular complexity index is 1440. The lowest BCUT2D eigenvalue weighted by molar-refractivity contribution is -0.384. The van der Waals surface area contributed by atoms with Crippen LogP contribution in [0, 0.1) is 17.0 Å². The molecule has 2 N–H and O–H groups in total. The van der Waals surface area contributed by atoms with Crippen molar-refractivity contribution in [2.24, 2.45) is 0 Å². The van der Waals surface area contributed by atoms with E-state index in [4.69, 9.17) is 0 Å². The fourth-order valence-electron chi connectivity index (χ4n) is 3.29. The fourth-order valence-corrected chi connectivity index (χ4v) is 4.36. The van der Waals surface area contributed by atoms with Crippen molar-refractivity contribution in [3.8, 4) is 10.6 Å². The first-order valence-corrected chi connectivity index (χ1v) is 11.1. The second kappa shape index (κ2) is 9.63. The minimum atomic E-state index is -0.551. The molecule has 0 aliphatic rings. The molecule has 0 aliphatic heterocycles. The van der Waals surface area contributed by atoms with Crippen LogP contribution in [0.2, 0.25) is 0 Å². The molecule has 9 heteroatoms. The van der Waals surface area contributed by atoms with E-state index in [2.05, 4.69) is 21.7 Å². The van der Waals surface area contributed by atoms with Gasteiger partial charge in [0.15, 0.2) is 0 Å². The molecule has 0 fully saturated rings. The fraction of sp³-hybridized carbons (Fsp3) is 0.0800. The monoisotopic (exact) mass is 472 g/mol. The first-order valence-electron chi connectivity index (χ1n) is 10.3. The Morgan fingerprint density at radius 2 is 1.82 bits per heavy atom. The molecule has 2 amide bonds. The van der Waals surface area contributed by atoms with Gasteiger partial charge in [-0.1, -0.05) is 18.2 Å². The van der Waals surface area contributed by atoms with E-state index in [0.717, 1.165) is 20.8 Å². The van der Waals surface area contributed by atoms with Crippen LogP contribution in [-0.4, -0.2) is 21.7 Å². The van der Waals surface area contributed by atoms with Gasteiger partial charge in [0.25, 0.3) is 11.6 Å². The van der Waals surface area contributed by atoms with Gasteiger partial charge in [-0.15, -0.1) is 11.3 Å². The van der Waals surface area contributed by atoms with Gasteiger partial charge in [-0.3, -0.25) is 19.7 Å². The molecular weight excluding hydrogens is 452 g/mol. The summed E-state index contributed by atoms with van der Waals surface area (Å²) in [5.74, 6) is -0.988. The van der Waals surface area contributed by atoms with Gasteiger partial charge in [0.05, 0.1) is 15.1 Å². The number of nitro groups is 1. The third-order valence-corrected chi connectivity index (χ3v) is 5.95. The number of non-ortho nitro benzene ring substituents is 1. The lowest BCUT2D eigenvalue weighted by Gasteiger charge is -2.10. The van der Waals surface area contributed by atoms with E-state index in [0.29, 0.717) is 11.3 Å². The second-order valence-corrected chi connectivity index (χ2v) is 8.64. The quantitative estimate of drug-likeness (QED) is 0.225. The minimum absolute atomic E-state index is 0.0291. The lowest BCUT2D eigenvalue weighted by Crippen LogP contribution is -2.28. The van der Waals surface area contributed by atoms with E-state index in [-0.39, 0.29) is 11.4 Å². The highest BCUT2D eigenvalue weighted by atomic mass is 32.1. The largest absolute Gasteiger partial charge is 0.322 e. The van der Waals surface area contributed by atoms with Gasteiger partial charge < -0.3 is 10.6 Å². The Kier molecular flexibility index (Phi) is 6.46. The molecule has 8 nitrogen and oxygen atoms in total. The van der Waals surface area contributed by atoms with E-state index >= 15 is 0 Å². The van der Waals surface area contributed by atoms with Crippen LogP contribution in [0.4, 0.5) is 11.4 Å². The highest BCUT2D eigenvalue weighted by Gasteiger charge is 2.14. The predicted molar refractivity (Wildman–Crippen MR) is 133 cm³/mol. The highest BCUT2D eigenvalue weighted by Crippen LogP contribution is 2.31. The molecule has 1 heterocycles. The average Bonchev–Trinajstić information content (AvgIpc) is 3.22. The molecule has 170 valence electrons. The molecule has 3 aromatic carbocycles. The van der Waals surface area contributed by atoms with Crippen LogP contribution in [0.25, 0.3) is 26.9 Å². The number of aryl methyl sites for hydroxylation is 1. The maximum Gasteiger partial charge on any atom is 0.272 e. The van der Waals surface area contributed by atoms with Gasteiger partial charge in [0.1, 0.15) is 10.7 Å². The van der Waals surface area contributed by atoms with Crippen LogP contribution in [0.5, 0.6) is 0 Å². The number of amides is 2. The summed E-state index contributed by atoms with van der Waals surface area (Å²) in [4.78, 5) is 39.6. The molecular formula is C25H20N4O4S. The number of aromatic nitrogens is 1. The Balaban J connectivity index is 1.54. The number of nitro benzene ring substituents is 1. The van der Waals surface area contributed by atoms with Crippen molar-refractivity contribution in [2.45, 2.75) is 13.8 Å². The number of nitrogens with one attached hydrogen (secondary N) is 2. The number of anilines is 1. The normalized spacial score (nSPS) is 11.3. The van der Waals surface area contributed by atoms with Crippen LogP contribution in [0.3, 0.4) is 0 Å². The van der Waals surface area contributed by atoms with E-state index in [1.54, 1.807) is 29.5 Å². The summed E-state index contributed by atoms with van der Waals surface area (Å²) in [6.07, 6.45) is 1.39. The van der Waals surface area contributed by atoms with E-state index in [9.17, 15) is 19.7 Å². The number of fused-ring (bicyclic) bond motifs is 1. The Hall–Kier alpha value is -4.37. The Labute approximate surface area is 199 Å². The molecule has 0 radical (unpaired) electrons. The van der Waals surface area contributed by atoms with E-state index in [1.807, 2.05) is 31.2 Å². The number of hydrogen-bond donors (Lipinski definition) is 2. The van der Waals surface area contributed by atoms with Crippen molar-refractivity contribution in [2.75, 3.05) is 5.32 Å². The number of hydrogen-bond acceptors (Lipinski definition) is 6. The molecule has 0 bridgehead atoms. The third kappa shape index (κ3) is 5.33. The summed E-state index contributed by atoms with van der Waals surface area (Å²) in [6, 6.07) is 19.1. The van der Waals surface area contributed by atoms with Crippen LogP contribution in [0.1, 0.15) is 18.1 Å². The van der Waals surface area contributed by atoms with Crippen molar-refractivity contribution >= 4 is 50.8 Å². The van der Waals surface area contributed by atoms with Crippen molar-refractivity contribution in [1.82, 2.24) is 10.3 Å². The second-order valence-electron chi connectivity index (χ2n) is 7.61. The average molecular weight is 473 g/mol. The molecule has 0 saturated heterocycles. The molecule has 0 spiro atoms. The Morgan fingerprint density at radius 1 is 1.06 bits per heavy atom. The number of carbonyl (C=O) groups is 2. The maximum absolute atomic E-state index is 12.8. The number of rotatable bonds is 6. The topological polar surface area (TPSA) is 114 Å². The molecule has 0 unspecified atom stereocenters. The number of benzene rings is 3. The number of thiazole rings is 1. The predicted octanol–water partition coefficient (Wildman–Crippen LogP) is 5.30. The molecule has 0 saturated carbocycles. The first kappa shape index (κ1) is 22.8. The van der Waals surface area contributed by atoms with Gasteiger partial charge in [-0.25, -0.2) is 4.98 Å². The summed E-state index contributed by atoms with van der Waals surface area (Å²) < 4.78 is 1.11. The smallest absolute Gasteiger partial charge is 0.272 e. The highest BCUT2D eigenvalue weighted by molar-refractivity contribution is 7.21. The summed E-state index contributed by atoms with van der Waals surface area (Å²) in [5.41, 5.74) is 3.83. The van der Waals surface area contributed by atoms with Gasteiger partial charge in [-0.05, 0) is 60.5 Å². The standard InChI is InChI=1S/C25H20N4O4S/c1-15-6-11-21-23(12-15)34-25(28-21)18-7-9-19(10-8-18)27-24(31)22(26-16(2)30)14-17-4-3-5-20(13-17)29(32)33/h3-14H,1-2H3,(H,26,30)(H,27,31)/b22-14-. The van der Waals surface area contributed by atoms with Crippen LogP contribution >= 0.6 is 11.3 Å². The summed E-state index contributed by atoms with van der Waals surface area (Å²) in [6.45, 7) is 3.32. The zero-order chi connectivity index (χ0) is 24.2. The van der Waals surface area contributed by atoms with Crippen molar-refractivity contribution < 1.29 is 14.5 Å². The lowest BCUT2D eigenvalue weighted by atomic mass is 10.1. The molecule has 1 aromatic heterocycles. The molecule has 0 aliphatic carbocycles. The molecule has 0 atom stereocenters. The maximum atomic E-state index is 12.8. The van der Waals surface area contributed by atoms with Gasteiger partial charge in [-0.2, -0.15) is 0 Å². The summed E-state index contributed by atoms with van der Waals surface area (Å²) in [7, 11) is 0. The summed E-state index contributed by atoms with van der Waals surface area (Å²) >= 11 is 1.60. The first-order chi connectivity index (χ1) is 16.3. The van der Waals surface area contributed by atoms with E-state index < -0.39 is 16.7 Å². The minimum Gasteiger partial charge on any atom is -0.322 e. The van der Waals surface area contributed by atoms with Crippen molar-refractivity contribution in [1.29, 1.82) is 0 Å². The van der Waals surface area contributed by atoms with Gasteiger partial charge >= 0.3 is 0 Å². The van der Waals surface area contributed by atoms with Gasteiger partial charge in [0, 0.05) is 30.3 Å². The number of nitrogens with zero attached hydrogens (tertiary/aromatic N) is 2. The van der Waals surface area contributed by atoms with E-state index in [1.165, 1.54) is 36.8 Å². The molecule has 34 heavy (non-hydrogen) atoms.